The van der Waals surface area contributed by atoms with Crippen LogP contribution in [0, 0.1) is 11.8 Å². The number of carbonyl (C=O) groups excluding carboxylic acids is 4. The van der Waals surface area contributed by atoms with Gasteiger partial charge in [-0.15, -0.1) is 0 Å². The van der Waals surface area contributed by atoms with Crippen molar-refractivity contribution in [2.45, 2.75) is 12.8 Å². The van der Waals surface area contributed by atoms with Crippen LogP contribution in [0.15, 0.2) is 84.9 Å². The lowest BCUT2D eigenvalue weighted by Crippen LogP contribution is -2.42. The van der Waals surface area contributed by atoms with Gasteiger partial charge in [0.25, 0.3) is 5.91 Å². The molecule has 202 valence electrons. The van der Waals surface area contributed by atoms with Crippen LogP contribution in [-0.4, -0.2) is 61.9 Å². The van der Waals surface area contributed by atoms with E-state index in [2.05, 4.69) is 10.6 Å². The zero-order chi connectivity index (χ0) is 27.6. The van der Waals surface area contributed by atoms with E-state index in [9.17, 15) is 19.2 Å². The Bertz CT molecular complexity index is 1210. The van der Waals surface area contributed by atoms with Gasteiger partial charge in [-0.3, -0.25) is 14.4 Å². The highest BCUT2D eigenvalue weighted by Crippen LogP contribution is 2.26. The van der Waals surface area contributed by atoms with E-state index in [1.807, 2.05) is 60.7 Å². The maximum atomic E-state index is 13.3. The minimum Gasteiger partial charge on any atom is -0.465 e. The summed E-state index contributed by atoms with van der Waals surface area (Å²) in [6, 6.07) is 25.8. The maximum Gasteiger partial charge on any atom is 0.337 e. The molecule has 3 amide bonds. The van der Waals surface area contributed by atoms with Gasteiger partial charge in [-0.1, -0.05) is 60.7 Å². The van der Waals surface area contributed by atoms with Gasteiger partial charge in [0.1, 0.15) is 0 Å². The summed E-state index contributed by atoms with van der Waals surface area (Å²) in [5.41, 5.74) is 2.91. The van der Waals surface area contributed by atoms with E-state index in [-0.39, 0.29) is 30.8 Å². The predicted octanol–water partition coefficient (Wildman–Crippen LogP) is 2.88. The molecule has 2 N–H and O–H groups in total. The van der Waals surface area contributed by atoms with E-state index in [1.165, 1.54) is 24.1 Å². The van der Waals surface area contributed by atoms with Gasteiger partial charge < -0.3 is 20.3 Å². The van der Waals surface area contributed by atoms with Crippen LogP contribution in [0.3, 0.4) is 0 Å². The second-order valence-electron chi connectivity index (χ2n) is 9.55. The zero-order valence-corrected chi connectivity index (χ0v) is 22.0. The summed E-state index contributed by atoms with van der Waals surface area (Å²) in [4.78, 5) is 53.0. The van der Waals surface area contributed by atoms with Crippen molar-refractivity contribution < 1.29 is 23.9 Å². The molecular weight excluding hydrogens is 494 g/mol. The number of amides is 3. The highest BCUT2D eigenvalue weighted by molar-refractivity contribution is 5.98. The molecule has 3 aromatic carbocycles. The van der Waals surface area contributed by atoms with E-state index >= 15 is 0 Å². The molecule has 3 aromatic rings. The van der Waals surface area contributed by atoms with Gasteiger partial charge in [-0.25, -0.2) is 4.79 Å². The van der Waals surface area contributed by atoms with E-state index < -0.39 is 17.8 Å². The first kappa shape index (κ1) is 27.6. The molecule has 1 saturated heterocycles. The van der Waals surface area contributed by atoms with E-state index in [1.54, 1.807) is 12.1 Å². The van der Waals surface area contributed by atoms with Crippen LogP contribution >= 0.6 is 0 Å². The first-order chi connectivity index (χ1) is 19.0. The van der Waals surface area contributed by atoms with E-state index in [0.29, 0.717) is 37.1 Å². The van der Waals surface area contributed by atoms with Crippen LogP contribution < -0.4 is 10.6 Å². The fraction of sp³-hybridized carbons (Fsp3) is 0.290. The summed E-state index contributed by atoms with van der Waals surface area (Å²) >= 11 is 0. The van der Waals surface area contributed by atoms with Gasteiger partial charge in [0.15, 0.2) is 0 Å². The summed E-state index contributed by atoms with van der Waals surface area (Å²) in [5.74, 6) is -2.62. The van der Waals surface area contributed by atoms with Crippen molar-refractivity contribution in [3.8, 4) is 0 Å². The monoisotopic (exact) mass is 527 g/mol. The standard InChI is InChI=1S/C31H33N3O5/c1-39-31(38)25-14-12-24(13-15-25)30(37)34-20-26(28(35)32-18-16-22-8-4-2-5-9-22)27(21-34)29(36)33-19-17-23-10-6-3-7-11-23/h2-15,26-27H,16-21H2,1H3,(H,32,35)(H,33,36)/t26-,27-/m0/s1. The number of benzene rings is 3. The summed E-state index contributed by atoms with van der Waals surface area (Å²) in [5, 5.41) is 5.91. The topological polar surface area (TPSA) is 105 Å². The van der Waals surface area contributed by atoms with Crippen molar-refractivity contribution in [3.05, 3.63) is 107 Å². The predicted molar refractivity (Wildman–Crippen MR) is 147 cm³/mol. The molecule has 1 aliphatic rings. The van der Waals surface area contributed by atoms with Crippen LogP contribution in [0.5, 0.6) is 0 Å². The molecular formula is C31H33N3O5. The fourth-order valence-corrected chi connectivity index (χ4v) is 4.76. The van der Waals surface area contributed by atoms with Crippen molar-refractivity contribution in [1.82, 2.24) is 15.5 Å². The number of hydrogen-bond donors (Lipinski definition) is 2. The summed E-state index contributed by atoms with van der Waals surface area (Å²) in [6.07, 6.45) is 1.34. The van der Waals surface area contributed by atoms with Crippen LogP contribution in [-0.2, 0) is 27.2 Å². The molecule has 39 heavy (non-hydrogen) atoms. The van der Waals surface area contributed by atoms with Crippen molar-refractivity contribution in [3.63, 3.8) is 0 Å². The SMILES string of the molecule is COC(=O)c1ccc(C(=O)N2C[C@H](C(=O)NCCc3ccccc3)[C@@H](C(=O)NCCc3ccccc3)C2)cc1. The molecule has 0 aliphatic carbocycles. The van der Waals surface area contributed by atoms with Gasteiger partial charge in [0, 0.05) is 31.7 Å². The first-order valence-corrected chi connectivity index (χ1v) is 13.1. The Labute approximate surface area is 228 Å². The number of nitrogens with zero attached hydrogens (tertiary/aromatic N) is 1. The Morgan fingerprint density at radius 1 is 0.692 bits per heavy atom. The van der Waals surface area contributed by atoms with Crippen LogP contribution in [0.4, 0.5) is 0 Å². The lowest BCUT2D eigenvalue weighted by molar-refractivity contribution is -0.132. The number of hydrogen-bond acceptors (Lipinski definition) is 5. The summed E-state index contributed by atoms with van der Waals surface area (Å²) in [7, 11) is 1.29. The summed E-state index contributed by atoms with van der Waals surface area (Å²) in [6.45, 7) is 1.13. The first-order valence-electron chi connectivity index (χ1n) is 13.1. The molecule has 1 heterocycles. The molecule has 0 spiro atoms. The van der Waals surface area contributed by atoms with Gasteiger partial charge in [-0.05, 0) is 48.2 Å². The Balaban J connectivity index is 1.42. The molecule has 0 bridgehead atoms. The molecule has 8 heteroatoms. The molecule has 0 unspecified atom stereocenters. The Morgan fingerprint density at radius 3 is 1.56 bits per heavy atom. The second kappa shape index (κ2) is 13.4. The molecule has 4 rings (SSSR count). The Morgan fingerprint density at radius 2 is 1.13 bits per heavy atom. The number of methoxy groups -OCH3 is 1. The number of nitrogens with one attached hydrogen (secondary N) is 2. The van der Waals surface area contributed by atoms with Crippen LogP contribution in [0.25, 0.3) is 0 Å². The number of rotatable bonds is 10. The molecule has 1 aliphatic heterocycles. The number of esters is 1. The minimum atomic E-state index is -0.671. The van der Waals surface area contributed by atoms with Gasteiger partial charge in [0.2, 0.25) is 11.8 Å². The normalized spacial score (nSPS) is 16.4. The largest absolute Gasteiger partial charge is 0.465 e. The van der Waals surface area contributed by atoms with Crippen molar-refractivity contribution in [2.24, 2.45) is 11.8 Å². The lowest BCUT2D eigenvalue weighted by atomic mass is 9.94. The average molecular weight is 528 g/mol. The third kappa shape index (κ3) is 7.31. The molecule has 2 atom stereocenters. The number of ether oxygens (including phenoxy) is 1. The molecule has 0 aromatic heterocycles. The lowest BCUT2D eigenvalue weighted by Gasteiger charge is -2.17. The summed E-state index contributed by atoms with van der Waals surface area (Å²) < 4.78 is 4.71. The molecule has 8 nitrogen and oxygen atoms in total. The third-order valence-electron chi connectivity index (χ3n) is 6.95. The van der Waals surface area contributed by atoms with Crippen LogP contribution in [0.2, 0.25) is 0 Å². The van der Waals surface area contributed by atoms with Gasteiger partial charge in [0.05, 0.1) is 24.5 Å². The number of carbonyl (C=O) groups is 4. The van der Waals surface area contributed by atoms with E-state index in [4.69, 9.17) is 4.74 Å². The van der Waals surface area contributed by atoms with Gasteiger partial charge >= 0.3 is 5.97 Å². The average Bonchev–Trinajstić information content (AvgIpc) is 3.43. The van der Waals surface area contributed by atoms with Gasteiger partial charge in [-0.2, -0.15) is 0 Å². The fourth-order valence-electron chi connectivity index (χ4n) is 4.76. The minimum absolute atomic E-state index is 0.130. The zero-order valence-electron chi connectivity index (χ0n) is 22.0. The Kier molecular flexibility index (Phi) is 9.45. The van der Waals surface area contributed by atoms with Crippen LogP contribution in [0.1, 0.15) is 31.8 Å². The Hall–Kier alpha value is -4.46. The highest BCUT2D eigenvalue weighted by Gasteiger charge is 2.43. The maximum absolute atomic E-state index is 13.3. The van der Waals surface area contributed by atoms with Crippen molar-refractivity contribution in [1.29, 1.82) is 0 Å². The highest BCUT2D eigenvalue weighted by atomic mass is 16.5. The molecule has 0 radical (unpaired) electrons. The van der Waals surface area contributed by atoms with E-state index in [0.717, 1.165) is 11.1 Å². The van der Waals surface area contributed by atoms with Crippen molar-refractivity contribution in [2.75, 3.05) is 33.3 Å². The smallest absolute Gasteiger partial charge is 0.337 e. The second-order valence-corrected chi connectivity index (χ2v) is 9.55. The van der Waals surface area contributed by atoms with Crippen molar-refractivity contribution >= 4 is 23.7 Å². The third-order valence-corrected chi connectivity index (χ3v) is 6.95. The molecule has 1 fully saturated rings. The number of likely N-dealkylation sites (tertiary alicyclic amines) is 1. The quantitative estimate of drug-likeness (QED) is 0.395. The molecule has 0 saturated carbocycles.